The maximum Gasteiger partial charge on any atom is 0.255 e. The van der Waals surface area contributed by atoms with Crippen LogP contribution in [0.25, 0.3) is 11.3 Å². The number of hydrogen-bond donors (Lipinski definition) is 3. The number of benzene rings is 1. The fraction of sp³-hybridized carbons (Fsp3) is 0.360. The fourth-order valence-electron chi connectivity index (χ4n) is 4.87. The summed E-state index contributed by atoms with van der Waals surface area (Å²) in [5.74, 6) is 1.30. The Bertz CT molecular complexity index is 1260. The molecule has 1 saturated carbocycles. The lowest BCUT2D eigenvalue weighted by Gasteiger charge is -2.40. The predicted octanol–water partition coefficient (Wildman–Crippen LogP) is 4.64. The van der Waals surface area contributed by atoms with Gasteiger partial charge in [0.05, 0.1) is 47.1 Å². The van der Waals surface area contributed by atoms with Crippen molar-refractivity contribution >= 4 is 28.9 Å². The van der Waals surface area contributed by atoms with Crippen LogP contribution in [0, 0.1) is 0 Å². The van der Waals surface area contributed by atoms with Gasteiger partial charge in [0.15, 0.2) is 5.75 Å². The van der Waals surface area contributed by atoms with E-state index in [1.165, 1.54) is 0 Å². The number of fused-ring (bicyclic) bond motifs is 3. The van der Waals surface area contributed by atoms with Gasteiger partial charge in [0.1, 0.15) is 12.4 Å². The quantitative estimate of drug-likeness (QED) is 0.456. The highest BCUT2D eigenvalue weighted by molar-refractivity contribution is 6.32. The molecular formula is C25H25ClN4O4. The number of methoxy groups -OCH3 is 1. The molecule has 3 aromatic rings. The summed E-state index contributed by atoms with van der Waals surface area (Å²) < 4.78 is 17.2. The van der Waals surface area contributed by atoms with E-state index in [1.807, 2.05) is 18.2 Å². The van der Waals surface area contributed by atoms with Crippen molar-refractivity contribution < 1.29 is 19.0 Å². The second kappa shape index (κ2) is 8.52. The van der Waals surface area contributed by atoms with E-state index in [9.17, 15) is 4.79 Å². The molecule has 1 aliphatic carbocycles. The summed E-state index contributed by atoms with van der Waals surface area (Å²) in [5, 5.41) is 7.08. The molecule has 34 heavy (non-hydrogen) atoms. The molecule has 8 nitrogen and oxygen atoms in total. The van der Waals surface area contributed by atoms with Crippen LogP contribution in [0.15, 0.2) is 36.7 Å². The highest BCUT2D eigenvalue weighted by Crippen LogP contribution is 2.49. The van der Waals surface area contributed by atoms with E-state index >= 15 is 0 Å². The number of para-hydroxylation sites is 1. The van der Waals surface area contributed by atoms with Crippen LogP contribution in [0.5, 0.6) is 11.5 Å². The number of aromatic amines is 1. The number of nitrogens with one attached hydrogen (secondary N) is 3. The Morgan fingerprint density at radius 2 is 2.15 bits per heavy atom. The number of anilines is 2. The Hall–Kier alpha value is -3.23. The van der Waals surface area contributed by atoms with Crippen LogP contribution >= 0.6 is 11.6 Å². The van der Waals surface area contributed by atoms with Crippen molar-refractivity contribution in [1.82, 2.24) is 15.3 Å². The molecule has 1 saturated heterocycles. The van der Waals surface area contributed by atoms with E-state index in [0.29, 0.717) is 40.1 Å². The molecular weight excluding hydrogens is 456 g/mol. The van der Waals surface area contributed by atoms with Crippen molar-refractivity contribution in [1.29, 1.82) is 0 Å². The van der Waals surface area contributed by atoms with Crippen LogP contribution in [0.4, 0.5) is 11.4 Å². The third-order valence-electron chi connectivity index (χ3n) is 6.92. The molecule has 6 rings (SSSR count). The van der Waals surface area contributed by atoms with E-state index in [2.05, 4.69) is 20.6 Å². The molecule has 0 radical (unpaired) electrons. The molecule has 4 heterocycles. The summed E-state index contributed by atoms with van der Waals surface area (Å²) in [4.78, 5) is 21.0. The van der Waals surface area contributed by atoms with Crippen molar-refractivity contribution in [2.75, 3.05) is 25.6 Å². The van der Waals surface area contributed by atoms with Gasteiger partial charge < -0.3 is 29.8 Å². The van der Waals surface area contributed by atoms with Gasteiger partial charge in [-0.3, -0.25) is 9.78 Å². The number of nitrogens with zero attached hydrogens (tertiary/aromatic N) is 1. The number of aromatic nitrogens is 2. The molecule has 1 aromatic carbocycles. The number of amides is 1. The summed E-state index contributed by atoms with van der Waals surface area (Å²) in [5.41, 5.74) is 4.47. The van der Waals surface area contributed by atoms with Crippen LogP contribution in [-0.4, -0.2) is 48.3 Å². The zero-order valence-corrected chi connectivity index (χ0v) is 19.4. The summed E-state index contributed by atoms with van der Waals surface area (Å²) in [6.45, 7) is 1.22. The number of hydrogen-bond acceptors (Lipinski definition) is 6. The number of carbonyl (C=O) groups is 1. The van der Waals surface area contributed by atoms with Crippen molar-refractivity contribution in [2.45, 2.75) is 37.3 Å². The van der Waals surface area contributed by atoms with E-state index in [1.54, 1.807) is 25.6 Å². The van der Waals surface area contributed by atoms with Gasteiger partial charge in [-0.2, -0.15) is 0 Å². The molecule has 9 heteroatoms. The smallest absolute Gasteiger partial charge is 0.255 e. The molecule has 0 bridgehead atoms. The average molecular weight is 481 g/mol. The molecule has 1 amide bonds. The normalized spacial score (nSPS) is 22.5. The molecule has 2 aliphatic heterocycles. The topological polar surface area (TPSA) is 97.5 Å². The first-order valence-electron chi connectivity index (χ1n) is 11.5. The Labute approximate surface area is 202 Å². The minimum atomic E-state index is -0.0960. The second-order valence-electron chi connectivity index (χ2n) is 8.84. The number of rotatable bonds is 7. The van der Waals surface area contributed by atoms with Gasteiger partial charge >= 0.3 is 0 Å². The van der Waals surface area contributed by atoms with Crippen molar-refractivity contribution in [3.63, 3.8) is 0 Å². The molecule has 0 spiro atoms. The molecule has 2 fully saturated rings. The molecule has 3 aliphatic rings. The zero-order valence-electron chi connectivity index (χ0n) is 18.7. The summed E-state index contributed by atoms with van der Waals surface area (Å²) in [6, 6.07) is 7.54. The number of halogens is 1. The van der Waals surface area contributed by atoms with Crippen molar-refractivity contribution in [3.05, 3.63) is 52.9 Å². The summed E-state index contributed by atoms with van der Waals surface area (Å²) in [6.07, 6.45) is 6.51. The summed E-state index contributed by atoms with van der Waals surface area (Å²) >= 11 is 6.37. The minimum Gasteiger partial charge on any atom is -0.493 e. The largest absolute Gasteiger partial charge is 0.493 e. The Balaban J connectivity index is 1.47. The van der Waals surface area contributed by atoms with Gasteiger partial charge in [-0.1, -0.05) is 17.7 Å². The second-order valence-corrected chi connectivity index (χ2v) is 9.24. The van der Waals surface area contributed by atoms with E-state index in [-0.39, 0.29) is 24.0 Å². The lowest BCUT2D eigenvalue weighted by atomic mass is 9.74. The first kappa shape index (κ1) is 21.3. The van der Waals surface area contributed by atoms with E-state index < -0.39 is 0 Å². The molecule has 0 unspecified atom stereocenters. The monoisotopic (exact) mass is 480 g/mol. The predicted molar refractivity (Wildman–Crippen MR) is 128 cm³/mol. The zero-order chi connectivity index (χ0) is 23.2. The Morgan fingerprint density at radius 1 is 1.26 bits per heavy atom. The highest BCUT2D eigenvalue weighted by atomic mass is 35.5. The number of carbonyl (C=O) groups excluding carboxylic acids is 1. The van der Waals surface area contributed by atoms with Gasteiger partial charge in [0, 0.05) is 42.4 Å². The SMILES string of the molecule is COc1c(Cl)cccc1Nc1c(-c2ccncc2OC[C@@H]2CCO2)[nH]c2c1C(=O)N[C@@H]1CC[C@H]21. The highest BCUT2D eigenvalue weighted by Gasteiger charge is 2.43. The van der Waals surface area contributed by atoms with Gasteiger partial charge in [-0.05, 0) is 31.0 Å². The molecule has 3 atom stereocenters. The lowest BCUT2D eigenvalue weighted by molar-refractivity contribution is -0.0720. The van der Waals surface area contributed by atoms with Gasteiger partial charge in [-0.25, -0.2) is 0 Å². The van der Waals surface area contributed by atoms with Crippen LogP contribution in [0.2, 0.25) is 5.02 Å². The van der Waals surface area contributed by atoms with Crippen molar-refractivity contribution in [2.24, 2.45) is 0 Å². The Kier molecular flexibility index (Phi) is 5.34. The Morgan fingerprint density at radius 3 is 2.88 bits per heavy atom. The van der Waals surface area contributed by atoms with Gasteiger partial charge in [0.2, 0.25) is 0 Å². The van der Waals surface area contributed by atoms with E-state index in [0.717, 1.165) is 42.8 Å². The molecule has 176 valence electrons. The third-order valence-corrected chi connectivity index (χ3v) is 7.22. The average Bonchev–Trinajstić information content (AvgIpc) is 3.14. The number of ether oxygens (including phenoxy) is 3. The maximum atomic E-state index is 13.2. The standard InChI is InChI=1S/C25H25ClN4O4/c1-32-24-16(26)3-2-4-18(24)28-23-20-21(14-5-6-17(14)29-25(20)31)30-22(23)15-7-9-27-11-19(15)34-12-13-8-10-33-13/h2-4,7,9,11,13-14,17,28,30H,5-6,8,10,12H2,1H3,(H,29,31)/t13-,14-,17+/m0/s1. The van der Waals surface area contributed by atoms with Crippen LogP contribution in [-0.2, 0) is 4.74 Å². The van der Waals surface area contributed by atoms with Gasteiger partial charge in [-0.15, -0.1) is 0 Å². The maximum absolute atomic E-state index is 13.2. The first-order chi connectivity index (χ1) is 16.6. The summed E-state index contributed by atoms with van der Waals surface area (Å²) in [7, 11) is 1.57. The molecule has 3 N–H and O–H groups in total. The van der Waals surface area contributed by atoms with Crippen molar-refractivity contribution in [3.8, 4) is 22.8 Å². The number of pyridine rings is 1. The van der Waals surface area contributed by atoms with Crippen LogP contribution < -0.4 is 20.1 Å². The lowest BCUT2D eigenvalue weighted by Crippen LogP contribution is -2.49. The molecule has 2 aromatic heterocycles. The fourth-order valence-corrected chi connectivity index (χ4v) is 5.12. The van der Waals surface area contributed by atoms with Gasteiger partial charge in [0.25, 0.3) is 5.91 Å². The minimum absolute atomic E-state index is 0.0960. The first-order valence-corrected chi connectivity index (χ1v) is 11.9. The van der Waals surface area contributed by atoms with E-state index in [4.69, 9.17) is 25.8 Å². The third kappa shape index (κ3) is 3.49. The van der Waals surface area contributed by atoms with Crippen LogP contribution in [0.1, 0.15) is 41.2 Å². The van der Waals surface area contributed by atoms with Crippen LogP contribution in [0.3, 0.4) is 0 Å². The number of H-pyrrole nitrogens is 1.